The average Bonchev–Trinajstić information content (AvgIpc) is 3.48. The molecule has 0 unspecified atom stereocenters. The lowest BCUT2D eigenvalue weighted by molar-refractivity contribution is 0.140. The third kappa shape index (κ3) is 4.89. The lowest BCUT2D eigenvalue weighted by Gasteiger charge is -2.11. The number of thiophene rings is 1. The Morgan fingerprint density at radius 2 is 1.91 bits per heavy atom. The number of carbonyl (C=O) groups is 2. The Labute approximate surface area is 199 Å². The second-order valence-corrected chi connectivity index (χ2v) is 8.58. The van der Waals surface area contributed by atoms with E-state index in [0.717, 1.165) is 26.5 Å². The maximum absolute atomic E-state index is 12.5. The molecule has 1 aromatic carbocycles. The average molecular weight is 500 g/mol. The van der Waals surface area contributed by atoms with Crippen LogP contribution >= 0.6 is 22.7 Å². The van der Waals surface area contributed by atoms with Gasteiger partial charge in [-0.15, -0.1) is 22.7 Å². The number of hydrogen-bond acceptors (Lipinski definition) is 9. The number of rotatable bonds is 6. The standard InChI is InChI=1S/C21H17N5O6S2/c1-26-16(25-17(32-21(30)31)14(27)19(26)28)15-13(7-8-33-15)24-20(29)22-9-12-10-34-18(23-12)11-5-3-2-4-6-11/h2-8,10,27H,9H2,1H3,(H,30,31)(H2,22,24,29). The SMILES string of the molecule is Cn1c(-c2sccc2NC(=O)NCc2csc(-c3ccccc3)n2)nc(OC(=O)O)c(O)c1=O. The summed E-state index contributed by atoms with van der Waals surface area (Å²) < 4.78 is 5.43. The van der Waals surface area contributed by atoms with Crippen LogP contribution in [0.3, 0.4) is 0 Å². The fraction of sp³-hybridized carbons (Fsp3) is 0.0952. The molecule has 0 fully saturated rings. The van der Waals surface area contributed by atoms with Crippen LogP contribution in [0.1, 0.15) is 5.69 Å². The van der Waals surface area contributed by atoms with Crippen molar-refractivity contribution < 1.29 is 24.5 Å². The molecule has 0 aliphatic rings. The minimum Gasteiger partial charge on any atom is -0.499 e. The van der Waals surface area contributed by atoms with Gasteiger partial charge in [-0.2, -0.15) is 4.98 Å². The van der Waals surface area contributed by atoms with E-state index in [1.165, 1.54) is 18.4 Å². The molecule has 0 spiro atoms. The Balaban J connectivity index is 1.48. The van der Waals surface area contributed by atoms with Gasteiger partial charge in [-0.1, -0.05) is 30.3 Å². The van der Waals surface area contributed by atoms with E-state index in [1.807, 2.05) is 35.7 Å². The number of nitrogens with zero attached hydrogens (tertiary/aromatic N) is 3. The zero-order valence-electron chi connectivity index (χ0n) is 17.5. The lowest BCUT2D eigenvalue weighted by atomic mass is 10.2. The van der Waals surface area contributed by atoms with Crippen molar-refractivity contribution in [3.63, 3.8) is 0 Å². The largest absolute Gasteiger partial charge is 0.512 e. The number of benzene rings is 1. The van der Waals surface area contributed by atoms with Gasteiger partial charge in [0.15, 0.2) is 5.82 Å². The van der Waals surface area contributed by atoms with Gasteiger partial charge in [0.2, 0.25) is 5.75 Å². The first-order valence-corrected chi connectivity index (χ1v) is 11.4. The molecular formula is C21H17N5O6S2. The molecule has 4 rings (SSSR count). The topological polar surface area (TPSA) is 156 Å². The van der Waals surface area contributed by atoms with Gasteiger partial charge in [0.25, 0.3) is 11.4 Å². The number of aromatic hydroxyl groups is 1. The molecule has 4 N–H and O–H groups in total. The fourth-order valence-corrected chi connectivity index (χ4v) is 4.65. The van der Waals surface area contributed by atoms with Crippen LogP contribution < -0.4 is 20.9 Å². The Kier molecular flexibility index (Phi) is 6.56. The van der Waals surface area contributed by atoms with E-state index in [-0.39, 0.29) is 12.4 Å². The fourth-order valence-electron chi connectivity index (χ4n) is 2.95. The third-order valence-corrected chi connectivity index (χ3v) is 6.39. The van der Waals surface area contributed by atoms with E-state index >= 15 is 0 Å². The number of carbonyl (C=O) groups excluding carboxylic acids is 1. The first-order valence-electron chi connectivity index (χ1n) is 9.66. The van der Waals surface area contributed by atoms with Crippen LogP contribution in [0.4, 0.5) is 15.3 Å². The number of nitrogens with one attached hydrogen (secondary N) is 2. The van der Waals surface area contributed by atoms with Crippen LogP contribution in [-0.4, -0.2) is 36.9 Å². The van der Waals surface area contributed by atoms with Crippen LogP contribution in [-0.2, 0) is 13.6 Å². The van der Waals surface area contributed by atoms with Gasteiger partial charge in [-0.05, 0) is 11.4 Å². The Morgan fingerprint density at radius 1 is 1.15 bits per heavy atom. The van der Waals surface area contributed by atoms with Crippen molar-refractivity contribution >= 4 is 40.5 Å². The van der Waals surface area contributed by atoms with E-state index in [4.69, 9.17) is 5.11 Å². The van der Waals surface area contributed by atoms with E-state index in [9.17, 15) is 19.5 Å². The first-order chi connectivity index (χ1) is 16.3. The normalized spacial score (nSPS) is 10.6. The summed E-state index contributed by atoms with van der Waals surface area (Å²) in [6, 6.07) is 10.8. The van der Waals surface area contributed by atoms with Gasteiger partial charge in [0.05, 0.1) is 22.8 Å². The molecule has 174 valence electrons. The molecule has 0 bridgehead atoms. The van der Waals surface area contributed by atoms with Crippen LogP contribution in [0, 0.1) is 0 Å². The molecule has 11 nitrogen and oxygen atoms in total. The molecule has 0 radical (unpaired) electrons. The number of urea groups is 1. The van der Waals surface area contributed by atoms with Crippen LogP contribution in [0.2, 0.25) is 0 Å². The van der Waals surface area contributed by atoms with Crippen molar-refractivity contribution in [2.24, 2.45) is 7.05 Å². The summed E-state index contributed by atoms with van der Waals surface area (Å²) in [5.41, 5.74) is 1.12. The Bertz CT molecular complexity index is 1410. The quantitative estimate of drug-likeness (QED) is 0.293. The van der Waals surface area contributed by atoms with Crippen molar-refractivity contribution in [1.82, 2.24) is 19.9 Å². The Hall–Kier alpha value is -4.23. The molecule has 0 aliphatic carbocycles. The summed E-state index contributed by atoms with van der Waals surface area (Å²) in [7, 11) is 1.35. The summed E-state index contributed by atoms with van der Waals surface area (Å²) >= 11 is 2.63. The van der Waals surface area contributed by atoms with Crippen molar-refractivity contribution in [2.75, 3.05) is 5.32 Å². The molecule has 4 aromatic rings. The number of aromatic nitrogens is 3. The number of hydrogen-bond donors (Lipinski definition) is 4. The molecule has 13 heteroatoms. The summed E-state index contributed by atoms with van der Waals surface area (Å²) in [6.45, 7) is 0.196. The number of ether oxygens (including phenoxy) is 1. The van der Waals surface area contributed by atoms with E-state index < -0.39 is 29.4 Å². The number of amides is 2. The highest BCUT2D eigenvalue weighted by molar-refractivity contribution is 7.14. The predicted molar refractivity (Wildman–Crippen MR) is 127 cm³/mol. The third-order valence-electron chi connectivity index (χ3n) is 4.54. The highest BCUT2D eigenvalue weighted by Crippen LogP contribution is 2.34. The number of anilines is 1. The monoisotopic (exact) mass is 499 g/mol. The van der Waals surface area contributed by atoms with Gasteiger partial charge in [0.1, 0.15) is 5.01 Å². The van der Waals surface area contributed by atoms with Crippen LogP contribution in [0.15, 0.2) is 52.0 Å². The van der Waals surface area contributed by atoms with Crippen LogP contribution in [0.25, 0.3) is 21.3 Å². The highest BCUT2D eigenvalue weighted by atomic mass is 32.1. The molecule has 3 aromatic heterocycles. The summed E-state index contributed by atoms with van der Waals surface area (Å²) in [5, 5.41) is 28.4. The summed E-state index contributed by atoms with van der Waals surface area (Å²) in [6.07, 6.45) is -1.73. The van der Waals surface area contributed by atoms with Gasteiger partial charge in [-0.25, -0.2) is 14.6 Å². The molecule has 0 atom stereocenters. The smallest absolute Gasteiger partial charge is 0.499 e. The van der Waals surface area contributed by atoms with E-state index in [2.05, 4.69) is 25.3 Å². The van der Waals surface area contributed by atoms with Crippen molar-refractivity contribution in [3.05, 3.63) is 63.2 Å². The molecule has 34 heavy (non-hydrogen) atoms. The predicted octanol–water partition coefficient (Wildman–Crippen LogP) is 3.72. The van der Waals surface area contributed by atoms with Gasteiger partial charge >= 0.3 is 12.2 Å². The minimum absolute atomic E-state index is 0.0105. The minimum atomic E-state index is -1.73. The summed E-state index contributed by atoms with van der Waals surface area (Å²) in [5.74, 6) is -1.67. The van der Waals surface area contributed by atoms with Gasteiger partial charge < -0.3 is 25.6 Å². The number of thiazole rings is 1. The van der Waals surface area contributed by atoms with Crippen molar-refractivity contribution in [2.45, 2.75) is 6.54 Å². The molecular weight excluding hydrogens is 482 g/mol. The maximum Gasteiger partial charge on any atom is 0.512 e. The molecule has 0 saturated heterocycles. The number of carboxylic acid groups (broad SMARTS) is 1. The Morgan fingerprint density at radius 3 is 2.65 bits per heavy atom. The first kappa shape index (κ1) is 22.9. The molecule has 0 aliphatic heterocycles. The van der Waals surface area contributed by atoms with Crippen molar-refractivity contribution in [3.8, 4) is 32.9 Å². The van der Waals surface area contributed by atoms with E-state index in [1.54, 1.807) is 11.4 Å². The second-order valence-electron chi connectivity index (χ2n) is 6.80. The zero-order chi connectivity index (χ0) is 24.2. The zero-order valence-corrected chi connectivity index (χ0v) is 19.1. The lowest BCUT2D eigenvalue weighted by Crippen LogP contribution is -2.28. The highest BCUT2D eigenvalue weighted by Gasteiger charge is 2.21. The summed E-state index contributed by atoms with van der Waals surface area (Å²) in [4.78, 5) is 44.5. The van der Waals surface area contributed by atoms with Gasteiger partial charge in [0, 0.05) is 18.0 Å². The molecule has 3 heterocycles. The van der Waals surface area contributed by atoms with E-state index in [0.29, 0.717) is 16.3 Å². The van der Waals surface area contributed by atoms with Crippen LogP contribution in [0.5, 0.6) is 11.6 Å². The maximum atomic E-state index is 12.5. The second kappa shape index (κ2) is 9.72. The molecule has 0 saturated carbocycles. The molecule has 2 amide bonds. The van der Waals surface area contributed by atoms with Gasteiger partial charge in [-0.3, -0.25) is 9.36 Å². The van der Waals surface area contributed by atoms with Crippen molar-refractivity contribution in [1.29, 1.82) is 0 Å².